The van der Waals surface area contributed by atoms with E-state index in [2.05, 4.69) is 4.98 Å². The number of nitrogens with one attached hydrogen (secondary N) is 1. The summed E-state index contributed by atoms with van der Waals surface area (Å²) in [7, 11) is 1.33. The van der Waals surface area contributed by atoms with Crippen LogP contribution in [0.3, 0.4) is 0 Å². The van der Waals surface area contributed by atoms with Crippen LogP contribution in [0.1, 0.15) is 5.56 Å². The SMILES string of the molecule is CN(C(=O)COc1ccc([N+](=O)[O-])cc1)c1c(N)n(Cc2ccccc2)c(=O)[nH]c1=O. The molecule has 31 heavy (non-hydrogen) atoms. The van der Waals surface area contributed by atoms with Crippen LogP contribution in [0, 0.1) is 10.1 Å². The molecule has 11 heteroatoms. The summed E-state index contributed by atoms with van der Waals surface area (Å²) in [6.45, 7) is -0.346. The highest BCUT2D eigenvalue weighted by Crippen LogP contribution is 2.19. The average molecular weight is 425 g/mol. The first kappa shape index (κ1) is 21.3. The minimum Gasteiger partial charge on any atom is -0.484 e. The zero-order valence-corrected chi connectivity index (χ0v) is 16.5. The number of carbonyl (C=O) groups is 1. The van der Waals surface area contributed by atoms with Crippen molar-refractivity contribution in [3.8, 4) is 5.75 Å². The van der Waals surface area contributed by atoms with E-state index < -0.39 is 28.7 Å². The van der Waals surface area contributed by atoms with E-state index >= 15 is 0 Å². The smallest absolute Gasteiger partial charge is 0.330 e. The number of hydrogen-bond donors (Lipinski definition) is 2. The molecule has 3 N–H and O–H groups in total. The van der Waals surface area contributed by atoms with Gasteiger partial charge in [0.2, 0.25) is 0 Å². The fraction of sp³-hybridized carbons (Fsp3) is 0.150. The normalized spacial score (nSPS) is 10.5. The molecule has 0 saturated heterocycles. The molecule has 0 aliphatic heterocycles. The zero-order chi connectivity index (χ0) is 22.5. The number of amides is 1. The van der Waals surface area contributed by atoms with Gasteiger partial charge in [0.25, 0.3) is 17.2 Å². The van der Waals surface area contributed by atoms with E-state index in [1.807, 2.05) is 6.07 Å². The van der Waals surface area contributed by atoms with Gasteiger partial charge in [0.15, 0.2) is 12.3 Å². The van der Waals surface area contributed by atoms with Crippen LogP contribution in [0.2, 0.25) is 0 Å². The fourth-order valence-corrected chi connectivity index (χ4v) is 2.86. The maximum absolute atomic E-state index is 12.5. The summed E-state index contributed by atoms with van der Waals surface area (Å²) < 4.78 is 6.50. The van der Waals surface area contributed by atoms with E-state index in [9.17, 15) is 24.5 Å². The number of H-pyrrole nitrogens is 1. The third-order valence-corrected chi connectivity index (χ3v) is 4.52. The van der Waals surface area contributed by atoms with Gasteiger partial charge in [-0.1, -0.05) is 30.3 Å². The van der Waals surface area contributed by atoms with Crippen LogP contribution in [0.4, 0.5) is 17.2 Å². The quantitative estimate of drug-likeness (QED) is 0.425. The molecule has 1 amide bonds. The second-order valence-electron chi connectivity index (χ2n) is 6.56. The Morgan fingerprint density at radius 2 is 1.81 bits per heavy atom. The average Bonchev–Trinajstić information content (AvgIpc) is 2.75. The van der Waals surface area contributed by atoms with Gasteiger partial charge in [0, 0.05) is 19.2 Å². The highest BCUT2D eigenvalue weighted by Gasteiger charge is 2.21. The lowest BCUT2D eigenvalue weighted by Crippen LogP contribution is -2.41. The Kier molecular flexibility index (Phi) is 6.15. The molecule has 2 aromatic carbocycles. The van der Waals surface area contributed by atoms with Crippen molar-refractivity contribution in [1.29, 1.82) is 0 Å². The molecule has 0 aliphatic rings. The van der Waals surface area contributed by atoms with Gasteiger partial charge in [-0.05, 0) is 17.7 Å². The number of ether oxygens (including phenoxy) is 1. The van der Waals surface area contributed by atoms with Crippen molar-refractivity contribution in [2.45, 2.75) is 6.54 Å². The number of anilines is 2. The van der Waals surface area contributed by atoms with Crippen molar-refractivity contribution in [1.82, 2.24) is 9.55 Å². The molecule has 0 aliphatic carbocycles. The zero-order valence-electron chi connectivity index (χ0n) is 16.5. The van der Waals surface area contributed by atoms with Gasteiger partial charge < -0.3 is 15.4 Å². The molecule has 0 fully saturated rings. The molecule has 11 nitrogen and oxygen atoms in total. The van der Waals surface area contributed by atoms with Gasteiger partial charge in [0.05, 0.1) is 11.5 Å². The molecule has 0 saturated carbocycles. The van der Waals surface area contributed by atoms with Crippen molar-refractivity contribution < 1.29 is 14.5 Å². The lowest BCUT2D eigenvalue weighted by Gasteiger charge is -2.20. The molecule has 3 aromatic rings. The summed E-state index contributed by atoms with van der Waals surface area (Å²) in [5, 5.41) is 10.7. The number of hydrogen-bond acceptors (Lipinski definition) is 7. The van der Waals surface area contributed by atoms with Gasteiger partial charge in [-0.3, -0.25) is 29.3 Å². The molecular weight excluding hydrogens is 406 g/mol. The van der Waals surface area contributed by atoms with Gasteiger partial charge >= 0.3 is 5.69 Å². The van der Waals surface area contributed by atoms with Crippen molar-refractivity contribution >= 4 is 23.1 Å². The first-order chi connectivity index (χ1) is 14.8. The number of aromatic nitrogens is 2. The maximum atomic E-state index is 12.5. The van der Waals surface area contributed by atoms with Crippen LogP contribution in [-0.2, 0) is 11.3 Å². The first-order valence-corrected chi connectivity index (χ1v) is 9.08. The molecule has 0 atom stereocenters. The Bertz CT molecular complexity index is 1220. The van der Waals surface area contributed by atoms with E-state index in [1.165, 1.54) is 31.3 Å². The number of carbonyl (C=O) groups excluding carboxylic acids is 1. The third kappa shape index (κ3) is 4.78. The predicted molar refractivity (Wildman–Crippen MR) is 113 cm³/mol. The largest absolute Gasteiger partial charge is 0.484 e. The first-order valence-electron chi connectivity index (χ1n) is 9.08. The number of likely N-dealkylation sites (N-methyl/N-ethyl adjacent to an activating group) is 1. The summed E-state index contributed by atoms with van der Waals surface area (Å²) in [6.07, 6.45) is 0. The summed E-state index contributed by atoms with van der Waals surface area (Å²) in [5.74, 6) is -0.535. The number of nitrogen functional groups attached to an aromatic ring is 1. The van der Waals surface area contributed by atoms with E-state index in [1.54, 1.807) is 24.3 Å². The van der Waals surface area contributed by atoms with Crippen molar-refractivity contribution in [3.63, 3.8) is 0 Å². The molecule has 0 spiro atoms. The van der Waals surface area contributed by atoms with E-state index in [0.29, 0.717) is 0 Å². The van der Waals surface area contributed by atoms with E-state index in [0.717, 1.165) is 15.0 Å². The maximum Gasteiger partial charge on any atom is 0.330 e. The predicted octanol–water partition coefficient (Wildman–Crippen LogP) is 1.12. The lowest BCUT2D eigenvalue weighted by molar-refractivity contribution is -0.384. The number of nitrogens with two attached hydrogens (primary N) is 1. The summed E-state index contributed by atoms with van der Waals surface area (Å²) in [6, 6.07) is 14.2. The summed E-state index contributed by atoms with van der Waals surface area (Å²) in [4.78, 5) is 50.4. The monoisotopic (exact) mass is 425 g/mol. The third-order valence-electron chi connectivity index (χ3n) is 4.52. The number of aromatic amines is 1. The Morgan fingerprint density at radius 1 is 1.16 bits per heavy atom. The lowest BCUT2D eigenvalue weighted by atomic mass is 10.2. The summed E-state index contributed by atoms with van der Waals surface area (Å²) >= 11 is 0. The Morgan fingerprint density at radius 3 is 2.42 bits per heavy atom. The van der Waals surface area contributed by atoms with Crippen LogP contribution in [0.25, 0.3) is 0 Å². The van der Waals surface area contributed by atoms with Gasteiger partial charge in [-0.25, -0.2) is 4.79 Å². The number of non-ortho nitro benzene ring substituents is 1. The molecule has 1 heterocycles. The van der Waals surface area contributed by atoms with Crippen LogP contribution in [-0.4, -0.2) is 34.0 Å². The molecule has 0 bridgehead atoms. The summed E-state index contributed by atoms with van der Waals surface area (Å²) in [5.41, 5.74) is 5.04. The van der Waals surface area contributed by atoms with Crippen molar-refractivity contribution in [2.75, 3.05) is 24.3 Å². The van der Waals surface area contributed by atoms with E-state index in [4.69, 9.17) is 10.5 Å². The number of nitro benzene ring substituents is 1. The minimum absolute atomic E-state index is 0.108. The van der Waals surface area contributed by atoms with E-state index in [-0.39, 0.29) is 29.5 Å². The molecule has 0 radical (unpaired) electrons. The standard InChI is InChI=1S/C20H19N5O6/c1-23(16(26)12-31-15-9-7-14(8-10-15)25(29)30)17-18(21)24(20(28)22-19(17)27)11-13-5-3-2-4-6-13/h2-10H,11-12,21H2,1H3,(H,22,27,28). The minimum atomic E-state index is -0.807. The second kappa shape index (κ2) is 8.95. The van der Waals surface area contributed by atoms with Crippen LogP contribution < -0.4 is 26.6 Å². The van der Waals surface area contributed by atoms with Crippen LogP contribution in [0.15, 0.2) is 64.2 Å². The van der Waals surface area contributed by atoms with Gasteiger partial charge in [-0.15, -0.1) is 0 Å². The molecule has 0 unspecified atom stereocenters. The number of benzene rings is 2. The Labute approximate surface area is 175 Å². The number of nitrogens with zero attached hydrogens (tertiary/aromatic N) is 3. The molecular formula is C20H19N5O6. The van der Waals surface area contributed by atoms with Crippen LogP contribution >= 0.6 is 0 Å². The Hall–Kier alpha value is -4.41. The molecule has 1 aromatic heterocycles. The second-order valence-corrected chi connectivity index (χ2v) is 6.56. The van der Waals surface area contributed by atoms with Gasteiger partial charge in [0.1, 0.15) is 11.6 Å². The molecule has 3 rings (SSSR count). The van der Waals surface area contributed by atoms with Gasteiger partial charge in [-0.2, -0.15) is 0 Å². The van der Waals surface area contributed by atoms with Crippen molar-refractivity contribution in [2.24, 2.45) is 0 Å². The van der Waals surface area contributed by atoms with Crippen LogP contribution in [0.5, 0.6) is 5.75 Å². The topological polar surface area (TPSA) is 154 Å². The highest BCUT2D eigenvalue weighted by atomic mass is 16.6. The number of rotatable bonds is 7. The molecule has 160 valence electrons. The fourth-order valence-electron chi connectivity index (χ4n) is 2.86. The highest BCUT2D eigenvalue weighted by molar-refractivity contribution is 5.96. The Balaban J connectivity index is 1.80. The number of nitro groups is 1. The van der Waals surface area contributed by atoms with Crippen molar-refractivity contribution in [3.05, 3.63) is 91.1 Å².